The third kappa shape index (κ3) is 4.00. The van der Waals surface area contributed by atoms with Gasteiger partial charge in [-0.05, 0) is 48.6 Å². The molecule has 0 unspecified atom stereocenters. The molecule has 0 fully saturated rings. The van der Waals surface area contributed by atoms with Gasteiger partial charge in [-0.1, -0.05) is 23.5 Å². The van der Waals surface area contributed by atoms with E-state index in [-0.39, 0.29) is 18.4 Å². The molecule has 3 aromatic rings. The van der Waals surface area contributed by atoms with Gasteiger partial charge in [0.1, 0.15) is 6.54 Å². The van der Waals surface area contributed by atoms with E-state index in [1.165, 1.54) is 24.5 Å². The van der Waals surface area contributed by atoms with E-state index in [1.54, 1.807) is 22.0 Å². The first-order valence-corrected chi connectivity index (χ1v) is 9.65. The number of thiazole rings is 1. The maximum Gasteiger partial charge on any atom is 0.325 e. The zero-order valence-electron chi connectivity index (χ0n) is 14.7. The Morgan fingerprint density at radius 3 is 2.81 bits per heavy atom. The van der Waals surface area contributed by atoms with Gasteiger partial charge in [0, 0.05) is 11.0 Å². The highest BCUT2D eigenvalue weighted by Crippen LogP contribution is 2.23. The minimum atomic E-state index is -0.383. The molecule has 0 aliphatic heterocycles. The molecule has 0 atom stereocenters. The summed E-state index contributed by atoms with van der Waals surface area (Å²) in [5.74, 6) is -0.746. The van der Waals surface area contributed by atoms with Crippen molar-refractivity contribution in [2.24, 2.45) is 4.99 Å². The van der Waals surface area contributed by atoms with Crippen LogP contribution in [0.1, 0.15) is 16.0 Å². The summed E-state index contributed by atoms with van der Waals surface area (Å²) in [6.07, 6.45) is 3.18. The first-order chi connectivity index (χ1) is 12.5. The smallest absolute Gasteiger partial charge is 0.325 e. The van der Waals surface area contributed by atoms with E-state index in [9.17, 15) is 9.59 Å². The average Bonchev–Trinajstić information content (AvgIpc) is 3.22. The molecule has 5 nitrogen and oxygen atoms in total. The second-order valence-electron chi connectivity index (χ2n) is 5.78. The van der Waals surface area contributed by atoms with Crippen LogP contribution < -0.4 is 4.80 Å². The largest absolute Gasteiger partial charge is 0.468 e. The number of hydrogen-bond donors (Lipinski definition) is 0. The van der Waals surface area contributed by atoms with Crippen molar-refractivity contribution in [3.63, 3.8) is 0 Å². The number of esters is 1. The van der Waals surface area contributed by atoms with Gasteiger partial charge in [-0.15, -0.1) is 11.3 Å². The highest BCUT2D eigenvalue weighted by atomic mass is 32.1. The van der Waals surface area contributed by atoms with E-state index in [4.69, 9.17) is 4.74 Å². The van der Waals surface area contributed by atoms with Crippen LogP contribution >= 0.6 is 22.7 Å². The Morgan fingerprint density at radius 1 is 1.31 bits per heavy atom. The molecule has 1 amide bonds. The molecule has 0 bridgehead atoms. The van der Waals surface area contributed by atoms with Crippen molar-refractivity contribution in [3.05, 3.63) is 56.5 Å². The van der Waals surface area contributed by atoms with Gasteiger partial charge in [-0.3, -0.25) is 9.59 Å². The number of hydrogen-bond acceptors (Lipinski definition) is 5. The summed E-state index contributed by atoms with van der Waals surface area (Å²) in [7, 11) is 1.35. The lowest BCUT2D eigenvalue weighted by Gasteiger charge is -2.05. The molecule has 1 aromatic carbocycles. The predicted molar refractivity (Wildman–Crippen MR) is 105 cm³/mol. The lowest BCUT2D eigenvalue weighted by atomic mass is 10.1. The maximum absolute atomic E-state index is 12.3. The van der Waals surface area contributed by atoms with Gasteiger partial charge in [-0.2, -0.15) is 4.99 Å². The van der Waals surface area contributed by atoms with E-state index >= 15 is 0 Å². The lowest BCUT2D eigenvalue weighted by molar-refractivity contribution is -0.141. The molecule has 2 aromatic heterocycles. The number of carbonyl (C=O) groups is 2. The number of aromatic nitrogens is 1. The van der Waals surface area contributed by atoms with Gasteiger partial charge in [0.15, 0.2) is 4.80 Å². The van der Waals surface area contributed by atoms with Crippen LogP contribution in [0.2, 0.25) is 0 Å². The number of ether oxygens (including phenoxy) is 1. The van der Waals surface area contributed by atoms with Crippen molar-refractivity contribution >= 4 is 50.8 Å². The summed E-state index contributed by atoms with van der Waals surface area (Å²) in [5.41, 5.74) is 3.06. The second kappa shape index (κ2) is 7.80. The van der Waals surface area contributed by atoms with Crippen LogP contribution in [0.25, 0.3) is 16.3 Å². The van der Waals surface area contributed by atoms with Crippen LogP contribution in [0.15, 0.2) is 40.7 Å². The number of fused-ring (bicyclic) bond motifs is 1. The lowest BCUT2D eigenvalue weighted by Crippen LogP contribution is -2.22. The van der Waals surface area contributed by atoms with Crippen LogP contribution in [-0.2, 0) is 20.9 Å². The fourth-order valence-electron chi connectivity index (χ4n) is 2.62. The molecule has 0 aliphatic carbocycles. The summed E-state index contributed by atoms with van der Waals surface area (Å²) in [4.78, 5) is 29.8. The monoisotopic (exact) mass is 386 g/mol. The summed E-state index contributed by atoms with van der Waals surface area (Å²) >= 11 is 2.95. The molecule has 0 saturated heterocycles. The highest BCUT2D eigenvalue weighted by Gasteiger charge is 2.13. The van der Waals surface area contributed by atoms with E-state index in [0.29, 0.717) is 4.80 Å². The summed E-state index contributed by atoms with van der Waals surface area (Å²) in [6.45, 7) is 4.02. The quantitative estimate of drug-likeness (QED) is 0.507. The fourth-order valence-corrected chi connectivity index (χ4v) is 4.32. The van der Waals surface area contributed by atoms with Gasteiger partial charge in [0.2, 0.25) is 0 Å². The number of methoxy groups -OCH3 is 1. The Balaban J connectivity index is 2.08. The van der Waals surface area contributed by atoms with Crippen LogP contribution in [0.4, 0.5) is 0 Å². The predicted octanol–water partition coefficient (Wildman–Crippen LogP) is 3.69. The molecule has 2 heterocycles. The summed E-state index contributed by atoms with van der Waals surface area (Å²) in [5, 5.41) is 1.95. The van der Waals surface area contributed by atoms with Crippen molar-refractivity contribution in [2.75, 3.05) is 7.11 Å². The SMILES string of the molecule is COC(=O)Cn1c(=NC(=O)C=Cc2cccs2)sc2c(C)cc(C)cc21. The first-order valence-electron chi connectivity index (χ1n) is 7.95. The van der Waals surface area contributed by atoms with Crippen molar-refractivity contribution in [1.82, 2.24) is 4.57 Å². The van der Waals surface area contributed by atoms with Crippen molar-refractivity contribution in [1.29, 1.82) is 0 Å². The van der Waals surface area contributed by atoms with Crippen LogP contribution in [0, 0.1) is 13.8 Å². The normalized spacial score (nSPS) is 12.2. The third-order valence-corrected chi connectivity index (χ3v) is 5.84. The third-order valence-electron chi connectivity index (χ3n) is 3.77. The number of carbonyl (C=O) groups excluding carboxylic acids is 2. The summed E-state index contributed by atoms with van der Waals surface area (Å²) < 4.78 is 7.54. The average molecular weight is 386 g/mol. The van der Waals surface area contributed by atoms with Gasteiger partial charge in [0.25, 0.3) is 5.91 Å². The molecule has 0 N–H and O–H groups in total. The Morgan fingerprint density at radius 2 is 2.12 bits per heavy atom. The molecule has 0 aliphatic rings. The molecule has 3 rings (SSSR count). The number of benzene rings is 1. The molecular formula is C19H18N2O3S2. The van der Waals surface area contributed by atoms with Gasteiger partial charge < -0.3 is 9.30 Å². The van der Waals surface area contributed by atoms with E-state index in [1.807, 2.05) is 37.4 Å². The maximum atomic E-state index is 12.3. The van der Waals surface area contributed by atoms with Gasteiger partial charge in [-0.25, -0.2) is 0 Å². The van der Waals surface area contributed by atoms with Crippen molar-refractivity contribution < 1.29 is 14.3 Å². The second-order valence-corrected chi connectivity index (χ2v) is 7.73. The van der Waals surface area contributed by atoms with Crippen molar-refractivity contribution in [3.8, 4) is 0 Å². The molecule has 0 spiro atoms. The minimum Gasteiger partial charge on any atom is -0.468 e. The fraction of sp³-hybridized carbons (Fsp3) is 0.211. The van der Waals surface area contributed by atoms with E-state index in [0.717, 1.165) is 26.2 Å². The van der Waals surface area contributed by atoms with Crippen LogP contribution in [0.3, 0.4) is 0 Å². The number of nitrogens with zero attached hydrogens (tertiary/aromatic N) is 2. The molecule has 7 heteroatoms. The zero-order chi connectivity index (χ0) is 18.7. The Labute approximate surface area is 158 Å². The number of rotatable bonds is 4. The van der Waals surface area contributed by atoms with Crippen molar-refractivity contribution in [2.45, 2.75) is 20.4 Å². The number of thiophene rings is 1. The van der Waals surface area contributed by atoms with Crippen LogP contribution in [-0.4, -0.2) is 23.6 Å². The Bertz CT molecular complexity index is 1060. The molecule has 0 radical (unpaired) electrons. The molecular weight excluding hydrogens is 368 g/mol. The highest BCUT2D eigenvalue weighted by molar-refractivity contribution is 7.16. The topological polar surface area (TPSA) is 60.7 Å². The van der Waals surface area contributed by atoms with Crippen LogP contribution in [0.5, 0.6) is 0 Å². The minimum absolute atomic E-state index is 0.0140. The Kier molecular flexibility index (Phi) is 5.49. The first kappa shape index (κ1) is 18.3. The summed E-state index contributed by atoms with van der Waals surface area (Å²) in [6, 6.07) is 7.92. The number of amides is 1. The Hall–Kier alpha value is -2.51. The standard InChI is InChI=1S/C19H18N2O3S2/c1-12-9-13(2)18-15(10-12)21(11-17(23)24-3)19(26-18)20-16(22)7-6-14-5-4-8-25-14/h4-10H,11H2,1-3H3. The van der Waals surface area contributed by atoms with E-state index < -0.39 is 0 Å². The van der Waals surface area contributed by atoms with Gasteiger partial charge >= 0.3 is 5.97 Å². The van der Waals surface area contributed by atoms with Gasteiger partial charge in [0.05, 0.1) is 17.3 Å². The van der Waals surface area contributed by atoms with E-state index in [2.05, 4.69) is 11.1 Å². The molecule has 0 saturated carbocycles. The zero-order valence-corrected chi connectivity index (χ0v) is 16.3. The molecule has 26 heavy (non-hydrogen) atoms. The molecule has 134 valence electrons. The number of aryl methyl sites for hydroxylation is 2.